The zero-order chi connectivity index (χ0) is 14.4. The molecule has 0 radical (unpaired) electrons. The SMILES string of the molecule is CCOC(C)(/N=C\c1cccc2ccccc12)OCC. The van der Waals surface area contributed by atoms with Crippen molar-refractivity contribution in [3.8, 4) is 0 Å². The number of aliphatic imine (C=N–C) groups is 1. The molecule has 0 unspecified atom stereocenters. The molecule has 2 aromatic carbocycles. The Balaban J connectivity index is 2.32. The number of nitrogens with zero attached hydrogens (tertiary/aromatic N) is 1. The van der Waals surface area contributed by atoms with Gasteiger partial charge in [0.2, 0.25) is 0 Å². The molecule has 0 N–H and O–H groups in total. The van der Waals surface area contributed by atoms with Gasteiger partial charge in [-0.3, -0.25) is 0 Å². The highest BCUT2D eigenvalue weighted by Crippen LogP contribution is 2.19. The average molecular weight is 271 g/mol. The number of ether oxygens (including phenoxy) is 2. The Labute approximate surface area is 120 Å². The van der Waals surface area contributed by atoms with Crippen LogP contribution in [0.15, 0.2) is 47.5 Å². The van der Waals surface area contributed by atoms with E-state index in [1.54, 1.807) is 0 Å². The lowest BCUT2D eigenvalue weighted by Crippen LogP contribution is -2.30. The fraction of sp³-hybridized carbons (Fsp3) is 0.353. The first kappa shape index (κ1) is 14.7. The maximum Gasteiger partial charge on any atom is 0.266 e. The molecule has 0 bridgehead atoms. The van der Waals surface area contributed by atoms with Crippen molar-refractivity contribution in [2.24, 2.45) is 4.99 Å². The van der Waals surface area contributed by atoms with Crippen molar-refractivity contribution in [3.05, 3.63) is 48.0 Å². The normalized spacial score (nSPS) is 12.3. The molecule has 0 aliphatic rings. The molecule has 0 heterocycles. The minimum atomic E-state index is -0.916. The summed E-state index contributed by atoms with van der Waals surface area (Å²) in [6.45, 7) is 6.82. The maximum absolute atomic E-state index is 5.58. The smallest absolute Gasteiger partial charge is 0.266 e. The third kappa shape index (κ3) is 3.44. The predicted molar refractivity (Wildman–Crippen MR) is 83.2 cm³/mol. The summed E-state index contributed by atoms with van der Waals surface area (Å²) in [5.41, 5.74) is 1.06. The first-order valence-electron chi connectivity index (χ1n) is 6.99. The summed E-state index contributed by atoms with van der Waals surface area (Å²) >= 11 is 0. The van der Waals surface area contributed by atoms with Gasteiger partial charge in [-0.1, -0.05) is 42.5 Å². The maximum atomic E-state index is 5.58. The first-order chi connectivity index (χ1) is 9.68. The van der Waals surface area contributed by atoms with Crippen LogP contribution in [0.5, 0.6) is 0 Å². The van der Waals surface area contributed by atoms with Crippen molar-refractivity contribution in [1.82, 2.24) is 0 Å². The van der Waals surface area contributed by atoms with Gasteiger partial charge in [-0.15, -0.1) is 0 Å². The topological polar surface area (TPSA) is 30.8 Å². The molecule has 0 spiro atoms. The Kier molecular flexibility index (Phi) is 4.88. The molecule has 106 valence electrons. The van der Waals surface area contributed by atoms with E-state index in [0.717, 1.165) is 5.56 Å². The average Bonchev–Trinajstić information content (AvgIpc) is 2.46. The van der Waals surface area contributed by atoms with Crippen LogP contribution in [0, 0.1) is 0 Å². The molecular formula is C17H21NO2. The van der Waals surface area contributed by atoms with E-state index in [1.165, 1.54) is 10.8 Å². The summed E-state index contributed by atoms with van der Waals surface area (Å²) in [6.07, 6.45) is 1.83. The Morgan fingerprint density at radius 3 is 2.35 bits per heavy atom. The van der Waals surface area contributed by atoms with Gasteiger partial charge >= 0.3 is 0 Å². The number of fused-ring (bicyclic) bond motifs is 1. The summed E-state index contributed by atoms with van der Waals surface area (Å²) in [6, 6.07) is 14.4. The molecule has 20 heavy (non-hydrogen) atoms. The second kappa shape index (κ2) is 6.64. The Morgan fingerprint density at radius 1 is 1.00 bits per heavy atom. The lowest BCUT2D eigenvalue weighted by Gasteiger charge is -2.24. The molecule has 3 heteroatoms. The predicted octanol–water partition coefficient (Wildman–Crippen LogP) is 4.01. The van der Waals surface area contributed by atoms with Crippen molar-refractivity contribution in [1.29, 1.82) is 0 Å². The van der Waals surface area contributed by atoms with Crippen molar-refractivity contribution < 1.29 is 9.47 Å². The van der Waals surface area contributed by atoms with Gasteiger partial charge in [0, 0.05) is 31.9 Å². The van der Waals surface area contributed by atoms with Crippen molar-refractivity contribution in [2.45, 2.75) is 26.7 Å². The van der Waals surface area contributed by atoms with E-state index in [9.17, 15) is 0 Å². The van der Waals surface area contributed by atoms with E-state index < -0.39 is 5.91 Å². The summed E-state index contributed by atoms with van der Waals surface area (Å²) in [5.74, 6) is -0.916. The van der Waals surface area contributed by atoms with Gasteiger partial charge < -0.3 is 9.47 Å². The van der Waals surface area contributed by atoms with Gasteiger partial charge in [0.25, 0.3) is 5.91 Å². The van der Waals surface area contributed by atoms with Crippen molar-refractivity contribution >= 4 is 17.0 Å². The van der Waals surface area contributed by atoms with Gasteiger partial charge in [-0.05, 0) is 24.6 Å². The number of rotatable bonds is 6. The summed E-state index contributed by atoms with van der Waals surface area (Å²) < 4.78 is 11.2. The summed E-state index contributed by atoms with van der Waals surface area (Å²) in [4.78, 5) is 4.49. The third-order valence-corrected chi connectivity index (χ3v) is 3.09. The van der Waals surface area contributed by atoms with Crippen LogP contribution >= 0.6 is 0 Å². The van der Waals surface area contributed by atoms with Gasteiger partial charge in [-0.25, -0.2) is 4.99 Å². The lowest BCUT2D eigenvalue weighted by atomic mass is 10.1. The fourth-order valence-corrected chi connectivity index (χ4v) is 2.20. The molecule has 0 saturated carbocycles. The van der Waals surface area contributed by atoms with Crippen LogP contribution in [0.1, 0.15) is 26.3 Å². The number of hydrogen-bond donors (Lipinski definition) is 0. The highest BCUT2D eigenvalue weighted by molar-refractivity contribution is 5.99. The third-order valence-electron chi connectivity index (χ3n) is 3.09. The van der Waals surface area contributed by atoms with E-state index in [2.05, 4.69) is 23.2 Å². The van der Waals surface area contributed by atoms with Crippen LogP contribution in [0.3, 0.4) is 0 Å². The number of hydrogen-bond acceptors (Lipinski definition) is 3. The van der Waals surface area contributed by atoms with E-state index >= 15 is 0 Å². The van der Waals surface area contributed by atoms with E-state index in [0.29, 0.717) is 13.2 Å². The van der Waals surface area contributed by atoms with Crippen molar-refractivity contribution in [2.75, 3.05) is 13.2 Å². The monoisotopic (exact) mass is 271 g/mol. The largest absolute Gasteiger partial charge is 0.332 e. The van der Waals surface area contributed by atoms with Crippen LogP contribution in [-0.2, 0) is 9.47 Å². The van der Waals surface area contributed by atoms with E-state index in [1.807, 2.05) is 51.3 Å². The first-order valence-corrected chi connectivity index (χ1v) is 6.99. The molecule has 2 aromatic rings. The van der Waals surface area contributed by atoms with E-state index in [4.69, 9.17) is 9.47 Å². The second-order valence-electron chi connectivity index (χ2n) is 4.59. The zero-order valence-corrected chi connectivity index (χ0v) is 12.3. The van der Waals surface area contributed by atoms with Crippen LogP contribution in [0.2, 0.25) is 0 Å². The molecule has 2 rings (SSSR count). The van der Waals surface area contributed by atoms with Crippen LogP contribution in [0.25, 0.3) is 10.8 Å². The van der Waals surface area contributed by atoms with Gasteiger partial charge in [0.15, 0.2) is 0 Å². The molecule has 0 aromatic heterocycles. The van der Waals surface area contributed by atoms with Gasteiger partial charge in [0.05, 0.1) is 0 Å². The second-order valence-corrected chi connectivity index (χ2v) is 4.59. The Hall–Kier alpha value is -1.71. The Bertz CT molecular complexity index is 581. The number of benzene rings is 2. The Morgan fingerprint density at radius 2 is 1.65 bits per heavy atom. The van der Waals surface area contributed by atoms with Gasteiger partial charge in [-0.2, -0.15) is 0 Å². The van der Waals surface area contributed by atoms with Gasteiger partial charge in [0.1, 0.15) is 0 Å². The summed E-state index contributed by atoms with van der Waals surface area (Å²) in [5, 5.41) is 2.38. The van der Waals surface area contributed by atoms with Crippen LogP contribution in [0.4, 0.5) is 0 Å². The highest BCUT2D eigenvalue weighted by Gasteiger charge is 2.22. The highest BCUT2D eigenvalue weighted by atomic mass is 16.7. The van der Waals surface area contributed by atoms with Crippen LogP contribution in [-0.4, -0.2) is 25.3 Å². The molecule has 0 fully saturated rings. The van der Waals surface area contributed by atoms with Crippen molar-refractivity contribution in [3.63, 3.8) is 0 Å². The quantitative estimate of drug-likeness (QED) is 0.587. The molecule has 0 aliphatic carbocycles. The minimum Gasteiger partial charge on any atom is -0.332 e. The fourth-order valence-electron chi connectivity index (χ4n) is 2.20. The molecule has 0 atom stereocenters. The molecule has 0 aliphatic heterocycles. The molecule has 3 nitrogen and oxygen atoms in total. The molecule has 0 saturated heterocycles. The standard InChI is InChI=1S/C17H21NO2/c1-4-19-17(3,20-5-2)18-13-15-11-8-10-14-9-6-7-12-16(14)15/h6-13H,4-5H2,1-3H3/b18-13-. The molecular weight excluding hydrogens is 250 g/mol. The summed E-state index contributed by atoms with van der Waals surface area (Å²) in [7, 11) is 0. The lowest BCUT2D eigenvalue weighted by molar-refractivity contribution is -0.214. The zero-order valence-electron chi connectivity index (χ0n) is 12.3. The van der Waals surface area contributed by atoms with E-state index in [-0.39, 0.29) is 0 Å². The molecule has 0 amide bonds. The minimum absolute atomic E-state index is 0.559. The van der Waals surface area contributed by atoms with Crippen LogP contribution < -0.4 is 0 Å².